The van der Waals surface area contributed by atoms with Crippen LogP contribution in [0.4, 0.5) is 0 Å². The van der Waals surface area contributed by atoms with Crippen molar-refractivity contribution >= 4 is 17.9 Å². The minimum Gasteiger partial charge on any atom is -0.462 e. The Labute approximate surface area is 486 Å². The van der Waals surface area contributed by atoms with Gasteiger partial charge in [0.25, 0.3) is 0 Å². The minimum atomic E-state index is -0.780. The van der Waals surface area contributed by atoms with Crippen molar-refractivity contribution in [3.63, 3.8) is 0 Å². The molecule has 1 unspecified atom stereocenters. The Morgan fingerprint density at radius 2 is 0.500 bits per heavy atom. The summed E-state index contributed by atoms with van der Waals surface area (Å²) in [5.41, 5.74) is 0. The van der Waals surface area contributed by atoms with Crippen LogP contribution in [0.2, 0.25) is 0 Å². The molecule has 0 fully saturated rings. The van der Waals surface area contributed by atoms with Crippen molar-refractivity contribution in [2.45, 2.75) is 380 Å². The van der Waals surface area contributed by atoms with Gasteiger partial charge in [-0.2, -0.15) is 0 Å². The molecular formula is C72H132O6. The van der Waals surface area contributed by atoms with E-state index in [-0.39, 0.29) is 31.1 Å². The molecule has 0 spiro atoms. The molecule has 0 heterocycles. The molecule has 0 bridgehead atoms. The summed E-state index contributed by atoms with van der Waals surface area (Å²) in [7, 11) is 0. The third-order valence-corrected chi connectivity index (χ3v) is 15.6. The predicted molar refractivity (Wildman–Crippen MR) is 339 cm³/mol. The number of unbranched alkanes of at least 4 members (excludes halogenated alkanes) is 45. The SMILES string of the molecule is CC/C=C\C/C=C\C/C=C\CCCCCCCCCC(=O)OC(COC(=O)CCCCCCCCC/C=C\CCCCCCCC)COC(=O)CCCCCCCCCCCCCCCCCCCCCCCCCCCC. The number of allylic oxidation sites excluding steroid dienone is 8. The quantitative estimate of drug-likeness (QED) is 0.0261. The first kappa shape index (κ1) is 75.4. The first-order valence-corrected chi connectivity index (χ1v) is 34.6. The van der Waals surface area contributed by atoms with Crippen LogP contribution in [0.15, 0.2) is 48.6 Å². The number of carbonyl (C=O) groups is 3. The fourth-order valence-electron chi connectivity index (χ4n) is 10.4. The first-order valence-electron chi connectivity index (χ1n) is 34.6. The first-order chi connectivity index (χ1) is 38.5. The average molecular weight is 1090 g/mol. The van der Waals surface area contributed by atoms with Crippen LogP contribution in [0.1, 0.15) is 374 Å². The molecule has 0 saturated carbocycles. The molecule has 0 N–H and O–H groups in total. The smallest absolute Gasteiger partial charge is 0.306 e. The normalized spacial score (nSPS) is 12.3. The van der Waals surface area contributed by atoms with Gasteiger partial charge in [-0.15, -0.1) is 0 Å². The van der Waals surface area contributed by atoms with E-state index < -0.39 is 6.10 Å². The lowest BCUT2D eigenvalue weighted by Gasteiger charge is -2.18. The van der Waals surface area contributed by atoms with Crippen molar-refractivity contribution in [3.8, 4) is 0 Å². The van der Waals surface area contributed by atoms with Crippen LogP contribution < -0.4 is 0 Å². The molecule has 0 aliphatic rings. The summed E-state index contributed by atoms with van der Waals surface area (Å²) < 4.78 is 17.0. The van der Waals surface area contributed by atoms with Gasteiger partial charge >= 0.3 is 17.9 Å². The van der Waals surface area contributed by atoms with Crippen LogP contribution in [0.3, 0.4) is 0 Å². The van der Waals surface area contributed by atoms with Crippen molar-refractivity contribution in [2.24, 2.45) is 0 Å². The zero-order valence-electron chi connectivity index (χ0n) is 52.5. The summed E-state index contributed by atoms with van der Waals surface area (Å²) in [6.07, 6.45) is 84.2. The second kappa shape index (κ2) is 66.9. The second-order valence-corrected chi connectivity index (χ2v) is 23.4. The van der Waals surface area contributed by atoms with Crippen molar-refractivity contribution < 1.29 is 28.6 Å². The summed E-state index contributed by atoms with van der Waals surface area (Å²) in [6, 6.07) is 0. The molecule has 0 radical (unpaired) electrons. The number of carbonyl (C=O) groups excluding carboxylic acids is 3. The van der Waals surface area contributed by atoms with Crippen LogP contribution in [0, 0.1) is 0 Å². The van der Waals surface area contributed by atoms with Crippen molar-refractivity contribution in [1.29, 1.82) is 0 Å². The lowest BCUT2D eigenvalue weighted by atomic mass is 10.0. The van der Waals surface area contributed by atoms with E-state index in [1.807, 2.05) is 0 Å². The lowest BCUT2D eigenvalue weighted by molar-refractivity contribution is -0.167. The number of hydrogen-bond donors (Lipinski definition) is 0. The zero-order chi connectivity index (χ0) is 56.4. The van der Waals surface area contributed by atoms with E-state index >= 15 is 0 Å². The molecule has 0 rings (SSSR count). The van der Waals surface area contributed by atoms with Gasteiger partial charge in [-0.05, 0) is 77.0 Å². The summed E-state index contributed by atoms with van der Waals surface area (Å²) >= 11 is 0. The highest BCUT2D eigenvalue weighted by molar-refractivity contribution is 5.71. The zero-order valence-corrected chi connectivity index (χ0v) is 52.5. The second-order valence-electron chi connectivity index (χ2n) is 23.4. The molecule has 78 heavy (non-hydrogen) atoms. The maximum absolute atomic E-state index is 12.9. The van der Waals surface area contributed by atoms with Crippen LogP contribution in [-0.2, 0) is 28.6 Å². The van der Waals surface area contributed by atoms with Crippen LogP contribution in [0.5, 0.6) is 0 Å². The Balaban J connectivity index is 4.26. The average Bonchev–Trinajstić information content (AvgIpc) is 3.44. The van der Waals surface area contributed by atoms with Gasteiger partial charge in [-0.25, -0.2) is 0 Å². The molecule has 0 aliphatic carbocycles. The summed E-state index contributed by atoms with van der Waals surface area (Å²) in [4.78, 5) is 38.4. The Morgan fingerprint density at radius 1 is 0.269 bits per heavy atom. The van der Waals surface area contributed by atoms with E-state index in [4.69, 9.17) is 14.2 Å². The number of ether oxygens (including phenoxy) is 3. The maximum atomic E-state index is 12.9. The number of rotatable bonds is 64. The fraction of sp³-hybridized carbons (Fsp3) is 0.847. The third-order valence-electron chi connectivity index (χ3n) is 15.6. The monoisotopic (exact) mass is 1090 g/mol. The van der Waals surface area contributed by atoms with Gasteiger partial charge in [-0.3, -0.25) is 14.4 Å². The predicted octanol–water partition coefficient (Wildman–Crippen LogP) is 23.7. The standard InChI is InChI=1S/C72H132O6/c1-4-7-10-13-16-19-22-25-28-31-32-33-34-35-36-37-38-39-42-44-47-50-53-56-59-62-65-71(74)77-68-69(78-72(75)66-63-60-57-54-51-48-45-41-30-27-24-21-18-15-12-9-6-3)67-76-70(73)64-61-58-55-52-49-46-43-40-29-26-23-20-17-14-11-8-5-2/h9,12,18,21,26-27,29-30,69H,4-8,10-11,13-17,19-20,22-25,28,31-68H2,1-3H3/b12-9-,21-18-,29-26-,30-27-. The molecule has 0 aliphatic heterocycles. The molecule has 456 valence electrons. The van der Waals surface area contributed by atoms with Gasteiger partial charge in [0, 0.05) is 19.3 Å². The number of esters is 3. The van der Waals surface area contributed by atoms with Gasteiger partial charge in [0.2, 0.25) is 0 Å². The molecular weight excluding hydrogens is 961 g/mol. The Morgan fingerprint density at radius 3 is 0.795 bits per heavy atom. The summed E-state index contributed by atoms with van der Waals surface area (Å²) in [6.45, 7) is 6.58. The van der Waals surface area contributed by atoms with E-state index in [0.717, 1.165) is 83.5 Å². The van der Waals surface area contributed by atoms with Gasteiger partial charge in [0.05, 0.1) is 0 Å². The molecule has 0 saturated heterocycles. The van der Waals surface area contributed by atoms with Crippen LogP contribution in [-0.4, -0.2) is 37.2 Å². The molecule has 0 aromatic heterocycles. The van der Waals surface area contributed by atoms with E-state index in [1.54, 1.807) is 0 Å². The van der Waals surface area contributed by atoms with E-state index in [2.05, 4.69) is 69.4 Å². The van der Waals surface area contributed by atoms with E-state index in [0.29, 0.717) is 19.3 Å². The van der Waals surface area contributed by atoms with Gasteiger partial charge in [0.1, 0.15) is 13.2 Å². The Hall–Kier alpha value is -2.63. The Kier molecular flexibility index (Phi) is 64.6. The third kappa shape index (κ3) is 64.2. The highest BCUT2D eigenvalue weighted by atomic mass is 16.6. The highest BCUT2D eigenvalue weighted by Crippen LogP contribution is 2.18. The van der Waals surface area contributed by atoms with E-state index in [1.165, 1.54) is 250 Å². The van der Waals surface area contributed by atoms with Crippen molar-refractivity contribution in [2.75, 3.05) is 13.2 Å². The molecule has 6 nitrogen and oxygen atoms in total. The van der Waals surface area contributed by atoms with Gasteiger partial charge in [0.15, 0.2) is 6.10 Å². The maximum Gasteiger partial charge on any atom is 0.306 e. The topological polar surface area (TPSA) is 78.9 Å². The lowest BCUT2D eigenvalue weighted by Crippen LogP contribution is -2.30. The van der Waals surface area contributed by atoms with Crippen LogP contribution in [0.25, 0.3) is 0 Å². The molecule has 0 aromatic carbocycles. The van der Waals surface area contributed by atoms with Crippen LogP contribution >= 0.6 is 0 Å². The molecule has 0 aromatic rings. The molecule has 1 atom stereocenters. The summed E-state index contributed by atoms with van der Waals surface area (Å²) in [5, 5.41) is 0. The summed E-state index contributed by atoms with van der Waals surface area (Å²) in [5.74, 6) is -0.864. The molecule has 6 heteroatoms. The highest BCUT2D eigenvalue weighted by Gasteiger charge is 2.19. The van der Waals surface area contributed by atoms with Gasteiger partial charge in [-0.1, -0.05) is 326 Å². The fourth-order valence-corrected chi connectivity index (χ4v) is 10.4. The number of hydrogen-bond acceptors (Lipinski definition) is 6. The van der Waals surface area contributed by atoms with Crippen molar-refractivity contribution in [3.05, 3.63) is 48.6 Å². The van der Waals surface area contributed by atoms with Crippen molar-refractivity contribution in [1.82, 2.24) is 0 Å². The van der Waals surface area contributed by atoms with Gasteiger partial charge < -0.3 is 14.2 Å². The Bertz CT molecular complexity index is 1350. The van der Waals surface area contributed by atoms with E-state index in [9.17, 15) is 14.4 Å². The largest absolute Gasteiger partial charge is 0.462 e. The molecule has 0 amide bonds. The minimum absolute atomic E-state index is 0.0746.